The van der Waals surface area contributed by atoms with E-state index in [2.05, 4.69) is 20.4 Å². The maximum Gasteiger partial charge on any atom is 0.387 e. The predicted molar refractivity (Wildman–Crippen MR) is 126 cm³/mol. The number of nitrogens with zero attached hydrogens (tertiary/aromatic N) is 1. The summed E-state index contributed by atoms with van der Waals surface area (Å²) in [4.78, 5) is 4.21. The van der Waals surface area contributed by atoms with Gasteiger partial charge in [-0.3, -0.25) is 4.99 Å². The Morgan fingerprint density at radius 3 is 2.41 bits per heavy atom. The number of nitrogens with one attached hydrogen (secondary N) is 2. The van der Waals surface area contributed by atoms with Gasteiger partial charge in [0, 0.05) is 37.3 Å². The molecular weight excluding hydrogens is 535 g/mol. The fraction of sp³-hybridized carbons (Fsp3) is 0.409. The van der Waals surface area contributed by atoms with Gasteiger partial charge in [-0.05, 0) is 31.4 Å². The Bertz CT molecular complexity index is 941. The summed E-state index contributed by atoms with van der Waals surface area (Å²) in [6.45, 7) is -2.18. The normalized spacial score (nSPS) is 15.1. The molecule has 0 aromatic heterocycles. The third kappa shape index (κ3) is 6.05. The first kappa shape index (κ1) is 24.1. The molecule has 2 aromatic rings. The van der Waals surface area contributed by atoms with Crippen molar-refractivity contribution in [3.63, 3.8) is 0 Å². The molecule has 0 spiro atoms. The molecule has 1 heterocycles. The van der Waals surface area contributed by atoms with E-state index in [9.17, 15) is 8.78 Å². The van der Waals surface area contributed by atoms with E-state index in [1.807, 2.05) is 24.3 Å². The molecule has 2 aliphatic rings. The molecule has 0 atom stereocenters. The number of hydrogen-bond acceptors (Lipinski definition) is 5. The number of rotatable bonds is 8. The average Bonchev–Trinajstić information content (AvgIpc) is 3.18. The summed E-state index contributed by atoms with van der Waals surface area (Å²) in [7, 11) is 1.64. The maximum atomic E-state index is 12.8. The number of aliphatic imine (C=N–C) groups is 1. The molecule has 0 saturated heterocycles. The molecule has 0 radical (unpaired) electrons. The predicted octanol–water partition coefficient (Wildman–Crippen LogP) is 4.43. The van der Waals surface area contributed by atoms with Crippen LogP contribution in [-0.4, -0.2) is 32.5 Å². The zero-order valence-corrected chi connectivity index (χ0v) is 19.9. The summed E-state index contributed by atoms with van der Waals surface area (Å²) < 4.78 is 46.9. The van der Waals surface area contributed by atoms with Gasteiger partial charge in [-0.15, -0.1) is 24.0 Å². The third-order valence-corrected chi connectivity index (χ3v) is 5.21. The van der Waals surface area contributed by atoms with Gasteiger partial charge in [-0.25, -0.2) is 0 Å². The second-order valence-corrected chi connectivity index (χ2v) is 7.25. The van der Waals surface area contributed by atoms with Gasteiger partial charge in [0.05, 0.1) is 6.10 Å². The van der Waals surface area contributed by atoms with Crippen LogP contribution in [0.4, 0.5) is 8.78 Å². The second-order valence-electron chi connectivity index (χ2n) is 7.25. The molecule has 10 heteroatoms. The molecule has 1 aliphatic heterocycles. The molecule has 1 aliphatic carbocycles. The first-order valence-electron chi connectivity index (χ1n) is 10.2. The van der Waals surface area contributed by atoms with Gasteiger partial charge in [0.15, 0.2) is 17.5 Å². The van der Waals surface area contributed by atoms with Crippen LogP contribution >= 0.6 is 24.0 Å². The van der Waals surface area contributed by atoms with E-state index in [-0.39, 0.29) is 49.2 Å². The fourth-order valence-electron chi connectivity index (χ4n) is 3.32. The van der Waals surface area contributed by atoms with Gasteiger partial charge in [0.1, 0.15) is 11.5 Å². The second kappa shape index (κ2) is 11.4. The highest BCUT2D eigenvalue weighted by Crippen LogP contribution is 2.38. The van der Waals surface area contributed by atoms with E-state index >= 15 is 0 Å². The number of hydrogen-bond donors (Lipinski definition) is 2. The number of ether oxygens (including phenoxy) is 4. The van der Waals surface area contributed by atoms with Crippen molar-refractivity contribution in [3.05, 3.63) is 47.5 Å². The first-order chi connectivity index (χ1) is 15.1. The highest BCUT2D eigenvalue weighted by atomic mass is 127. The Morgan fingerprint density at radius 2 is 1.75 bits per heavy atom. The van der Waals surface area contributed by atoms with E-state index in [1.165, 1.54) is 12.5 Å². The Hall–Kier alpha value is -2.50. The summed E-state index contributed by atoms with van der Waals surface area (Å²) in [6.07, 6.45) is 3.67. The van der Waals surface area contributed by atoms with Crippen LogP contribution < -0.4 is 29.6 Å². The monoisotopic (exact) mass is 561 g/mol. The van der Waals surface area contributed by atoms with Crippen molar-refractivity contribution in [2.24, 2.45) is 4.99 Å². The smallest absolute Gasteiger partial charge is 0.387 e. The molecule has 174 valence electrons. The van der Waals surface area contributed by atoms with Crippen LogP contribution in [0.5, 0.6) is 23.0 Å². The van der Waals surface area contributed by atoms with Crippen molar-refractivity contribution in [2.75, 3.05) is 13.8 Å². The lowest BCUT2D eigenvalue weighted by Gasteiger charge is -2.27. The molecule has 4 rings (SSSR count). The van der Waals surface area contributed by atoms with Gasteiger partial charge in [-0.1, -0.05) is 18.2 Å². The van der Waals surface area contributed by atoms with E-state index < -0.39 is 6.61 Å². The van der Waals surface area contributed by atoms with Gasteiger partial charge < -0.3 is 29.6 Å². The number of guanidine groups is 1. The first-order valence-corrected chi connectivity index (χ1v) is 10.2. The summed E-state index contributed by atoms with van der Waals surface area (Å²) in [5.41, 5.74) is 1.52. The molecule has 7 nitrogen and oxygen atoms in total. The molecule has 1 fully saturated rings. The number of alkyl halides is 2. The lowest BCUT2D eigenvalue weighted by atomic mass is 9.96. The molecule has 2 aromatic carbocycles. The molecule has 32 heavy (non-hydrogen) atoms. The zero-order chi connectivity index (χ0) is 21.6. The van der Waals surface area contributed by atoms with Crippen LogP contribution in [0.1, 0.15) is 30.4 Å². The number of para-hydroxylation sites is 1. The highest BCUT2D eigenvalue weighted by molar-refractivity contribution is 14.0. The van der Waals surface area contributed by atoms with E-state index in [0.717, 1.165) is 24.2 Å². The summed E-state index contributed by atoms with van der Waals surface area (Å²) in [5, 5.41) is 6.35. The topological polar surface area (TPSA) is 73.3 Å². The van der Waals surface area contributed by atoms with Gasteiger partial charge in [0.25, 0.3) is 0 Å². The molecule has 0 bridgehead atoms. The SMILES string of the molecule is CN=C(NCc1cc2c(cc1OC(F)F)OCO2)NCc1ccccc1OC1CCC1.I. The molecule has 0 amide bonds. The quantitative estimate of drug-likeness (QED) is 0.283. The molecule has 0 unspecified atom stereocenters. The lowest BCUT2D eigenvalue weighted by Crippen LogP contribution is -2.36. The molecule has 2 N–H and O–H groups in total. The van der Waals surface area contributed by atoms with E-state index in [0.29, 0.717) is 29.6 Å². The summed E-state index contributed by atoms with van der Waals surface area (Å²) in [5.74, 6) is 2.27. The minimum absolute atomic E-state index is 0. The van der Waals surface area contributed by atoms with Crippen molar-refractivity contribution in [1.82, 2.24) is 10.6 Å². The summed E-state index contributed by atoms with van der Waals surface area (Å²) in [6, 6.07) is 10.9. The van der Waals surface area contributed by atoms with Crippen molar-refractivity contribution < 1.29 is 27.7 Å². The standard InChI is InChI=1S/C22H25F2N3O4.HI/c1-25-22(26-11-14-5-2-3-8-17(14)30-16-6-4-7-16)27-12-15-9-19-20(29-13-28-19)10-18(15)31-21(23)24;/h2-3,5,8-10,16,21H,4,6-7,11-13H2,1H3,(H2,25,26,27);1H. The zero-order valence-electron chi connectivity index (χ0n) is 17.6. The van der Waals surface area contributed by atoms with Gasteiger partial charge in [0.2, 0.25) is 6.79 Å². The van der Waals surface area contributed by atoms with Crippen LogP contribution in [0.2, 0.25) is 0 Å². The highest BCUT2D eigenvalue weighted by Gasteiger charge is 2.21. The number of fused-ring (bicyclic) bond motifs is 1. The van der Waals surface area contributed by atoms with Crippen LogP contribution in [0.25, 0.3) is 0 Å². The summed E-state index contributed by atoms with van der Waals surface area (Å²) >= 11 is 0. The van der Waals surface area contributed by atoms with Crippen LogP contribution in [0.3, 0.4) is 0 Å². The maximum absolute atomic E-state index is 12.8. The van der Waals surface area contributed by atoms with Crippen molar-refractivity contribution >= 4 is 29.9 Å². The van der Waals surface area contributed by atoms with E-state index in [4.69, 9.17) is 14.2 Å². The Kier molecular flexibility index (Phi) is 8.60. The largest absolute Gasteiger partial charge is 0.490 e. The van der Waals surface area contributed by atoms with Crippen molar-refractivity contribution in [1.29, 1.82) is 0 Å². The van der Waals surface area contributed by atoms with Crippen LogP contribution in [0, 0.1) is 0 Å². The van der Waals surface area contributed by atoms with Gasteiger partial charge in [-0.2, -0.15) is 8.78 Å². The Morgan fingerprint density at radius 1 is 1.06 bits per heavy atom. The number of benzene rings is 2. The van der Waals surface area contributed by atoms with Crippen LogP contribution in [-0.2, 0) is 13.1 Å². The van der Waals surface area contributed by atoms with E-state index in [1.54, 1.807) is 13.1 Å². The van der Waals surface area contributed by atoms with Crippen LogP contribution in [0.15, 0.2) is 41.4 Å². The molecular formula is C22H26F2IN3O4. The molecule has 1 saturated carbocycles. The third-order valence-electron chi connectivity index (χ3n) is 5.21. The Balaban J connectivity index is 0.00000289. The lowest BCUT2D eigenvalue weighted by molar-refractivity contribution is -0.0505. The number of halogens is 3. The minimum atomic E-state index is -2.94. The fourth-order valence-corrected chi connectivity index (χ4v) is 3.32. The van der Waals surface area contributed by atoms with Crippen molar-refractivity contribution in [3.8, 4) is 23.0 Å². The van der Waals surface area contributed by atoms with Gasteiger partial charge >= 0.3 is 6.61 Å². The van der Waals surface area contributed by atoms with Crippen molar-refractivity contribution in [2.45, 2.75) is 45.1 Å². The Labute approximate surface area is 202 Å². The average molecular weight is 561 g/mol. The minimum Gasteiger partial charge on any atom is -0.490 e.